The van der Waals surface area contributed by atoms with E-state index in [0.717, 1.165) is 17.1 Å². The maximum Gasteiger partial charge on any atom is 0.195 e. The summed E-state index contributed by atoms with van der Waals surface area (Å²) in [6.45, 7) is 0. The Kier molecular flexibility index (Phi) is 6.03. The zero-order chi connectivity index (χ0) is 20.1. The van der Waals surface area contributed by atoms with Crippen LogP contribution in [0.2, 0.25) is 0 Å². The molecular weight excluding hydrogens is 385 g/mol. The molecule has 0 saturated heterocycles. The first-order chi connectivity index (χ1) is 14.2. The molecule has 1 aromatic heterocycles. The van der Waals surface area contributed by atoms with Crippen LogP contribution in [0.3, 0.4) is 0 Å². The van der Waals surface area contributed by atoms with Crippen LogP contribution in [0.5, 0.6) is 0 Å². The first kappa shape index (κ1) is 19.4. The number of hydrogen-bond donors (Lipinski definition) is 1. The Balaban J connectivity index is 1.59. The van der Waals surface area contributed by atoms with E-state index in [-0.39, 0.29) is 5.82 Å². The maximum atomic E-state index is 13.4. The second-order valence-electron chi connectivity index (χ2n) is 6.61. The number of aromatic nitrogens is 3. The topological polar surface area (TPSA) is 50.9 Å². The van der Waals surface area contributed by atoms with E-state index in [2.05, 4.69) is 22.3 Å². The third-order valence-electron chi connectivity index (χ3n) is 4.52. The monoisotopic (exact) mass is 405 g/mol. The summed E-state index contributed by atoms with van der Waals surface area (Å²) < 4.78 is 15.5. The van der Waals surface area contributed by atoms with Gasteiger partial charge in [-0.3, -0.25) is 4.57 Å². The number of hydrogen-bond acceptors (Lipinski definition) is 4. The molecule has 0 amide bonds. The van der Waals surface area contributed by atoms with Crippen LogP contribution in [0, 0.1) is 5.82 Å². The summed E-state index contributed by atoms with van der Waals surface area (Å²) in [5.41, 5.74) is 2.66. The van der Waals surface area contributed by atoms with Crippen LogP contribution in [-0.2, 0) is 6.42 Å². The molecule has 29 heavy (non-hydrogen) atoms. The summed E-state index contributed by atoms with van der Waals surface area (Å²) in [6.07, 6.45) is -0.148. The fourth-order valence-electron chi connectivity index (χ4n) is 3.09. The summed E-state index contributed by atoms with van der Waals surface area (Å²) in [5.74, 6) is 0.814. The lowest BCUT2D eigenvalue weighted by Crippen LogP contribution is -2.06. The highest BCUT2D eigenvalue weighted by atomic mass is 32.2. The molecule has 3 aromatic carbocycles. The molecule has 0 aliphatic carbocycles. The van der Waals surface area contributed by atoms with Crippen LogP contribution in [0.15, 0.2) is 90.1 Å². The highest BCUT2D eigenvalue weighted by molar-refractivity contribution is 7.99. The van der Waals surface area contributed by atoms with Crippen LogP contribution >= 0.6 is 11.8 Å². The third kappa shape index (κ3) is 4.72. The van der Waals surface area contributed by atoms with Gasteiger partial charge in [0, 0.05) is 17.9 Å². The van der Waals surface area contributed by atoms with Gasteiger partial charge in [0.15, 0.2) is 5.16 Å². The molecule has 0 bridgehead atoms. The number of thioether (sulfide) groups is 1. The van der Waals surface area contributed by atoms with E-state index in [1.165, 1.54) is 23.9 Å². The van der Waals surface area contributed by atoms with Crippen LogP contribution in [-0.4, -0.2) is 25.6 Å². The Morgan fingerprint density at radius 1 is 0.897 bits per heavy atom. The minimum atomic E-state index is -0.797. The van der Waals surface area contributed by atoms with Crippen molar-refractivity contribution in [1.29, 1.82) is 0 Å². The Bertz CT molecular complexity index is 1070. The molecule has 0 saturated carbocycles. The number of para-hydroxylation sites is 1. The Morgan fingerprint density at radius 2 is 1.62 bits per heavy atom. The predicted molar refractivity (Wildman–Crippen MR) is 113 cm³/mol. The number of benzene rings is 3. The van der Waals surface area contributed by atoms with Crippen molar-refractivity contribution in [1.82, 2.24) is 14.8 Å². The highest BCUT2D eigenvalue weighted by Crippen LogP contribution is 2.27. The summed E-state index contributed by atoms with van der Waals surface area (Å²) >= 11 is 1.40. The maximum absolute atomic E-state index is 13.4. The molecule has 6 heteroatoms. The number of rotatable bonds is 7. The molecule has 0 fully saturated rings. The molecule has 0 aliphatic heterocycles. The van der Waals surface area contributed by atoms with Crippen LogP contribution < -0.4 is 0 Å². The smallest absolute Gasteiger partial charge is 0.195 e. The van der Waals surface area contributed by atoms with Crippen molar-refractivity contribution >= 4 is 11.8 Å². The minimum absolute atomic E-state index is 0.347. The van der Waals surface area contributed by atoms with Gasteiger partial charge in [-0.25, -0.2) is 4.39 Å². The SMILES string of the molecule is OC(CSc1nnc(Cc2ccccc2)n1-c1ccccc1)c1cccc(F)c1. The van der Waals surface area contributed by atoms with E-state index in [9.17, 15) is 9.50 Å². The van der Waals surface area contributed by atoms with Crippen LogP contribution in [0.25, 0.3) is 5.69 Å². The molecule has 0 spiro atoms. The quantitative estimate of drug-likeness (QED) is 0.448. The largest absolute Gasteiger partial charge is 0.388 e. The van der Waals surface area contributed by atoms with E-state index >= 15 is 0 Å². The molecule has 4 nitrogen and oxygen atoms in total. The van der Waals surface area contributed by atoms with E-state index in [1.54, 1.807) is 12.1 Å². The van der Waals surface area contributed by atoms with E-state index in [4.69, 9.17) is 0 Å². The molecule has 146 valence electrons. The Labute approximate surface area is 173 Å². The van der Waals surface area contributed by atoms with Crippen molar-refractivity contribution in [2.75, 3.05) is 5.75 Å². The summed E-state index contributed by atoms with van der Waals surface area (Å²) in [4.78, 5) is 0. The summed E-state index contributed by atoms with van der Waals surface area (Å²) in [5, 5.41) is 19.9. The molecule has 0 aliphatic rings. The van der Waals surface area contributed by atoms with Gasteiger partial charge in [0.25, 0.3) is 0 Å². The molecule has 4 aromatic rings. The normalized spacial score (nSPS) is 12.1. The second-order valence-corrected chi connectivity index (χ2v) is 7.60. The number of aliphatic hydroxyl groups excluding tert-OH is 1. The lowest BCUT2D eigenvalue weighted by atomic mass is 10.1. The van der Waals surface area contributed by atoms with E-state index < -0.39 is 6.10 Å². The van der Waals surface area contributed by atoms with Gasteiger partial charge < -0.3 is 5.11 Å². The fourth-order valence-corrected chi connectivity index (χ4v) is 4.02. The predicted octanol–water partition coefficient (Wildman–Crippen LogP) is 4.82. The van der Waals surface area contributed by atoms with Crippen LogP contribution in [0.4, 0.5) is 4.39 Å². The average molecular weight is 405 g/mol. The Hall–Kier alpha value is -2.96. The van der Waals surface area contributed by atoms with Gasteiger partial charge in [-0.15, -0.1) is 10.2 Å². The van der Waals surface area contributed by atoms with Gasteiger partial charge in [-0.05, 0) is 35.4 Å². The second kappa shape index (κ2) is 9.03. The lowest BCUT2D eigenvalue weighted by Gasteiger charge is -2.13. The molecule has 4 rings (SSSR count). The van der Waals surface area contributed by atoms with Gasteiger partial charge in [0.1, 0.15) is 11.6 Å². The molecule has 1 N–H and O–H groups in total. The highest BCUT2D eigenvalue weighted by Gasteiger charge is 2.17. The van der Waals surface area contributed by atoms with E-state index in [0.29, 0.717) is 22.9 Å². The van der Waals surface area contributed by atoms with Crippen molar-refractivity contribution in [2.24, 2.45) is 0 Å². The van der Waals surface area contributed by atoms with Crippen molar-refractivity contribution in [3.63, 3.8) is 0 Å². The zero-order valence-electron chi connectivity index (χ0n) is 15.6. The van der Waals surface area contributed by atoms with Crippen molar-refractivity contribution in [3.05, 3.63) is 108 Å². The number of aliphatic hydroxyl groups is 1. The molecule has 1 unspecified atom stereocenters. The lowest BCUT2D eigenvalue weighted by molar-refractivity contribution is 0.203. The zero-order valence-corrected chi connectivity index (χ0v) is 16.5. The van der Waals surface area contributed by atoms with Gasteiger partial charge >= 0.3 is 0 Å². The minimum Gasteiger partial charge on any atom is -0.388 e. The standard InChI is InChI=1S/C23H20FN3OS/c24-19-11-7-10-18(15-19)21(28)16-29-23-26-25-22(14-17-8-3-1-4-9-17)27(23)20-12-5-2-6-13-20/h1-13,15,21,28H,14,16H2. The van der Waals surface area contributed by atoms with E-state index in [1.807, 2.05) is 53.1 Å². The molecule has 0 radical (unpaired) electrons. The van der Waals surface area contributed by atoms with Crippen molar-refractivity contribution in [2.45, 2.75) is 17.7 Å². The average Bonchev–Trinajstić information content (AvgIpc) is 3.15. The fraction of sp³-hybridized carbons (Fsp3) is 0.130. The Morgan fingerprint density at radius 3 is 2.34 bits per heavy atom. The van der Waals surface area contributed by atoms with Crippen LogP contribution in [0.1, 0.15) is 23.1 Å². The van der Waals surface area contributed by atoms with Gasteiger partial charge in [0.05, 0.1) is 6.10 Å². The molecule has 1 atom stereocenters. The molecule has 1 heterocycles. The van der Waals surface area contributed by atoms with Crippen molar-refractivity contribution < 1.29 is 9.50 Å². The summed E-state index contributed by atoms with van der Waals surface area (Å²) in [7, 11) is 0. The van der Waals surface area contributed by atoms with Gasteiger partial charge in [0.2, 0.25) is 0 Å². The first-order valence-electron chi connectivity index (χ1n) is 9.30. The first-order valence-corrected chi connectivity index (χ1v) is 10.3. The van der Waals surface area contributed by atoms with Gasteiger partial charge in [-0.1, -0.05) is 72.4 Å². The molecular formula is C23H20FN3OS. The number of nitrogens with zero attached hydrogens (tertiary/aromatic N) is 3. The summed E-state index contributed by atoms with van der Waals surface area (Å²) in [6, 6.07) is 26.1. The number of halogens is 1. The van der Waals surface area contributed by atoms with Crippen molar-refractivity contribution in [3.8, 4) is 5.69 Å². The van der Waals surface area contributed by atoms with Gasteiger partial charge in [-0.2, -0.15) is 0 Å². The third-order valence-corrected chi connectivity index (χ3v) is 5.53.